The van der Waals surface area contributed by atoms with Gasteiger partial charge in [-0.1, -0.05) is 12.1 Å². The van der Waals surface area contributed by atoms with E-state index in [0.717, 1.165) is 18.2 Å². The van der Waals surface area contributed by atoms with Crippen LogP contribution in [0.5, 0.6) is 0 Å². The van der Waals surface area contributed by atoms with Gasteiger partial charge in [0.25, 0.3) is 0 Å². The number of nitrogens with one attached hydrogen (secondary N) is 3. The zero-order chi connectivity index (χ0) is 23.7. The molecule has 1 aliphatic heterocycles. The maximum atomic E-state index is 12.9. The van der Waals surface area contributed by atoms with Gasteiger partial charge in [0.1, 0.15) is 12.1 Å². The number of piperidine rings is 1. The molecule has 1 heterocycles. The fourth-order valence-corrected chi connectivity index (χ4v) is 4.73. The first-order valence-corrected chi connectivity index (χ1v) is 11.2. The van der Waals surface area contributed by atoms with E-state index in [9.17, 15) is 41.4 Å². The summed E-state index contributed by atoms with van der Waals surface area (Å²) < 4.78 is 66.0. The normalized spacial score (nSPS) is 26.8. The molecule has 176 valence electrons. The van der Waals surface area contributed by atoms with Crippen LogP contribution in [-0.4, -0.2) is 61.3 Å². The number of alkyl halides is 3. The highest BCUT2D eigenvalue weighted by molar-refractivity contribution is 7.89. The van der Waals surface area contributed by atoms with Crippen molar-refractivity contribution in [2.45, 2.75) is 54.6 Å². The Morgan fingerprint density at radius 1 is 1.22 bits per heavy atom. The van der Waals surface area contributed by atoms with Gasteiger partial charge in [0.15, 0.2) is 0 Å². The number of hydrogen-bond donors (Lipinski definition) is 5. The molecule has 0 aromatic heterocycles. The van der Waals surface area contributed by atoms with Crippen LogP contribution in [0.2, 0.25) is 0 Å². The summed E-state index contributed by atoms with van der Waals surface area (Å²) >= 11 is 0. The molecule has 0 unspecified atom stereocenters. The van der Waals surface area contributed by atoms with Gasteiger partial charge >= 0.3 is 6.18 Å². The lowest BCUT2D eigenvalue weighted by molar-refractivity contribution is -0.137. The van der Waals surface area contributed by atoms with E-state index in [2.05, 4.69) is 10.6 Å². The minimum atomic E-state index is -4.76. The zero-order valence-corrected chi connectivity index (χ0v) is 17.4. The first kappa shape index (κ1) is 24.2. The third kappa shape index (κ3) is 5.46. The van der Waals surface area contributed by atoms with Gasteiger partial charge < -0.3 is 20.8 Å². The van der Waals surface area contributed by atoms with E-state index < -0.39 is 56.9 Å². The molecule has 4 atom stereocenters. The van der Waals surface area contributed by atoms with Crippen LogP contribution in [0, 0.1) is 0 Å². The number of rotatable bonds is 5. The molecule has 1 aromatic rings. The highest BCUT2D eigenvalue weighted by atomic mass is 32.2. The lowest BCUT2D eigenvalue weighted by Gasteiger charge is -2.31. The molecule has 1 fully saturated rings. The smallest absolute Gasteiger partial charge is 0.390 e. The molecule has 1 aromatic carbocycles. The van der Waals surface area contributed by atoms with Gasteiger partial charge in [-0.25, -0.2) is 13.1 Å². The number of aliphatic hydroxyl groups excluding tert-OH is 2. The van der Waals surface area contributed by atoms with Crippen LogP contribution in [0.3, 0.4) is 0 Å². The SMILES string of the molecule is O=C(N[C@H]1CCCNC1=O)C1=C[C@@H](NS(=O)(=O)c2cccc(C(F)(F)F)c2)[C@@H](O)[C@H](O)C1. The molecule has 0 saturated carbocycles. The summed E-state index contributed by atoms with van der Waals surface area (Å²) in [5.74, 6) is -1.09. The summed E-state index contributed by atoms with van der Waals surface area (Å²) in [4.78, 5) is 23.7. The predicted molar refractivity (Wildman–Crippen MR) is 104 cm³/mol. The standard InChI is InChI=1S/C19H22F3N3O6S/c20-19(21,22)11-3-1-4-12(9-11)32(30,31)25-14-7-10(8-15(26)16(14)27)17(28)24-13-5-2-6-23-18(13)29/h1,3-4,7,9,13-16,25-27H,2,5-6,8H2,(H,23,29)(H,24,28)/t13-,14+,15+,16+/m0/s1. The molecule has 1 saturated heterocycles. The van der Waals surface area contributed by atoms with Crippen LogP contribution in [0.25, 0.3) is 0 Å². The first-order chi connectivity index (χ1) is 14.9. The number of sulfonamides is 1. The van der Waals surface area contributed by atoms with Gasteiger partial charge in [0.2, 0.25) is 21.8 Å². The summed E-state index contributed by atoms with van der Waals surface area (Å²) in [5.41, 5.74) is -1.25. The highest BCUT2D eigenvalue weighted by Crippen LogP contribution is 2.30. The molecule has 9 nitrogen and oxygen atoms in total. The van der Waals surface area contributed by atoms with Crippen molar-refractivity contribution in [1.82, 2.24) is 15.4 Å². The Bertz CT molecular complexity index is 1030. The van der Waals surface area contributed by atoms with Gasteiger partial charge in [0.05, 0.1) is 22.6 Å². The third-order valence-electron chi connectivity index (χ3n) is 5.22. The van der Waals surface area contributed by atoms with E-state index in [1.807, 2.05) is 4.72 Å². The number of carbonyl (C=O) groups excluding carboxylic acids is 2. The van der Waals surface area contributed by atoms with E-state index >= 15 is 0 Å². The average molecular weight is 477 g/mol. The van der Waals surface area contributed by atoms with Crippen LogP contribution in [0.15, 0.2) is 40.8 Å². The number of aliphatic hydroxyl groups is 2. The molecule has 0 radical (unpaired) electrons. The van der Waals surface area contributed by atoms with E-state index in [1.165, 1.54) is 0 Å². The summed E-state index contributed by atoms with van der Waals surface area (Å²) in [5, 5.41) is 25.4. The van der Waals surface area contributed by atoms with Crippen molar-refractivity contribution in [3.8, 4) is 0 Å². The van der Waals surface area contributed by atoms with Crippen LogP contribution in [-0.2, 0) is 25.8 Å². The molecule has 32 heavy (non-hydrogen) atoms. The quantitative estimate of drug-likeness (QED) is 0.397. The zero-order valence-electron chi connectivity index (χ0n) is 16.6. The molecule has 2 amide bonds. The van der Waals surface area contributed by atoms with E-state index in [0.29, 0.717) is 31.5 Å². The Morgan fingerprint density at radius 3 is 2.59 bits per heavy atom. The second kappa shape index (κ2) is 9.17. The van der Waals surface area contributed by atoms with Crippen molar-refractivity contribution >= 4 is 21.8 Å². The molecular formula is C19H22F3N3O6S. The molecule has 0 spiro atoms. The van der Waals surface area contributed by atoms with E-state index in [1.54, 1.807) is 0 Å². The predicted octanol–water partition coefficient (Wildman–Crippen LogP) is -0.201. The summed E-state index contributed by atoms with van der Waals surface area (Å²) in [6.07, 6.45) is -6.09. The maximum absolute atomic E-state index is 12.9. The van der Waals surface area contributed by atoms with Crippen molar-refractivity contribution in [2.75, 3.05) is 6.54 Å². The van der Waals surface area contributed by atoms with Crippen LogP contribution in [0.1, 0.15) is 24.8 Å². The van der Waals surface area contributed by atoms with Crippen molar-refractivity contribution in [3.63, 3.8) is 0 Å². The van der Waals surface area contributed by atoms with Crippen molar-refractivity contribution in [2.24, 2.45) is 0 Å². The highest BCUT2D eigenvalue weighted by Gasteiger charge is 2.37. The number of halogens is 3. The molecular weight excluding hydrogens is 455 g/mol. The maximum Gasteiger partial charge on any atom is 0.416 e. The lowest BCUT2D eigenvalue weighted by Crippen LogP contribution is -2.53. The molecule has 13 heteroatoms. The minimum Gasteiger partial charge on any atom is -0.390 e. The first-order valence-electron chi connectivity index (χ1n) is 9.73. The number of hydrogen-bond acceptors (Lipinski definition) is 6. The Morgan fingerprint density at radius 2 is 1.94 bits per heavy atom. The Labute approximate surface area is 181 Å². The Balaban J connectivity index is 1.81. The lowest BCUT2D eigenvalue weighted by atomic mass is 9.90. The van der Waals surface area contributed by atoms with Crippen LogP contribution >= 0.6 is 0 Å². The average Bonchev–Trinajstić information content (AvgIpc) is 2.72. The molecule has 3 rings (SSSR count). The minimum absolute atomic E-state index is 0.0714. The summed E-state index contributed by atoms with van der Waals surface area (Å²) in [6.45, 7) is 0.484. The second-order valence-corrected chi connectivity index (χ2v) is 9.30. The monoisotopic (exact) mass is 477 g/mol. The van der Waals surface area contributed by atoms with Gasteiger partial charge in [-0.2, -0.15) is 13.2 Å². The van der Waals surface area contributed by atoms with Crippen molar-refractivity contribution in [1.29, 1.82) is 0 Å². The van der Waals surface area contributed by atoms with E-state index in [4.69, 9.17) is 0 Å². The topological polar surface area (TPSA) is 145 Å². The molecule has 1 aliphatic carbocycles. The fraction of sp³-hybridized carbons (Fsp3) is 0.474. The van der Waals surface area contributed by atoms with E-state index in [-0.39, 0.29) is 17.9 Å². The third-order valence-corrected chi connectivity index (χ3v) is 6.67. The van der Waals surface area contributed by atoms with Crippen LogP contribution in [0.4, 0.5) is 13.2 Å². The number of amides is 2. The molecule has 0 bridgehead atoms. The Kier molecular flexibility index (Phi) is 6.93. The molecule has 2 aliphatic rings. The van der Waals surface area contributed by atoms with Gasteiger partial charge in [0, 0.05) is 18.5 Å². The van der Waals surface area contributed by atoms with Gasteiger partial charge in [-0.05, 0) is 31.0 Å². The summed E-state index contributed by atoms with van der Waals surface area (Å²) in [6, 6.07) is 0.741. The van der Waals surface area contributed by atoms with Crippen molar-refractivity contribution in [3.05, 3.63) is 41.5 Å². The van der Waals surface area contributed by atoms with Crippen LogP contribution < -0.4 is 15.4 Å². The number of benzene rings is 1. The second-order valence-electron chi connectivity index (χ2n) is 7.59. The summed E-state index contributed by atoms with van der Waals surface area (Å²) in [7, 11) is -4.55. The number of carbonyl (C=O) groups is 2. The van der Waals surface area contributed by atoms with Gasteiger partial charge in [-0.15, -0.1) is 0 Å². The Hall–Kier alpha value is -2.48. The van der Waals surface area contributed by atoms with Crippen molar-refractivity contribution < 1.29 is 41.4 Å². The molecule has 5 N–H and O–H groups in total. The van der Waals surface area contributed by atoms with Gasteiger partial charge in [-0.3, -0.25) is 9.59 Å². The largest absolute Gasteiger partial charge is 0.416 e. The fourth-order valence-electron chi connectivity index (χ4n) is 3.49.